The van der Waals surface area contributed by atoms with Gasteiger partial charge in [0.2, 0.25) is 5.91 Å². The molecule has 124 valence electrons. The van der Waals surface area contributed by atoms with Crippen LogP contribution in [0.3, 0.4) is 0 Å². The number of carbonyl (C=O) groups excluding carboxylic acids is 2. The van der Waals surface area contributed by atoms with Gasteiger partial charge in [-0.05, 0) is 6.07 Å². The molecule has 0 radical (unpaired) electrons. The van der Waals surface area contributed by atoms with Crippen LogP contribution in [0, 0.1) is 0 Å². The number of carbonyl (C=O) groups is 2. The van der Waals surface area contributed by atoms with Crippen LogP contribution in [0.5, 0.6) is 6.01 Å². The molecule has 0 spiro atoms. The number of amides is 1. The van der Waals surface area contributed by atoms with Crippen LogP contribution in [0.4, 0.5) is 0 Å². The van der Waals surface area contributed by atoms with Crippen molar-refractivity contribution < 1.29 is 14.3 Å². The molecule has 6 heteroatoms. The van der Waals surface area contributed by atoms with E-state index in [1.807, 2.05) is 18.2 Å². The predicted octanol–water partition coefficient (Wildman–Crippen LogP) is 2.12. The summed E-state index contributed by atoms with van der Waals surface area (Å²) >= 11 is 0. The van der Waals surface area contributed by atoms with Crippen molar-refractivity contribution in [2.45, 2.75) is 25.4 Å². The van der Waals surface area contributed by atoms with Gasteiger partial charge in [-0.15, -0.1) is 0 Å². The highest BCUT2D eigenvalue weighted by molar-refractivity contribution is 5.97. The Bertz CT molecular complexity index is 691. The lowest BCUT2D eigenvalue weighted by atomic mass is 10.1. The van der Waals surface area contributed by atoms with Gasteiger partial charge in [-0.25, -0.2) is 9.97 Å². The first-order valence-corrected chi connectivity index (χ1v) is 8.02. The third-order valence-corrected chi connectivity index (χ3v) is 3.97. The molecule has 1 amide bonds. The van der Waals surface area contributed by atoms with Crippen molar-refractivity contribution in [3.8, 4) is 6.01 Å². The molecule has 0 unspecified atom stereocenters. The van der Waals surface area contributed by atoms with Crippen molar-refractivity contribution >= 4 is 11.7 Å². The number of rotatable bonds is 6. The normalized spacial score (nSPS) is 16.8. The van der Waals surface area contributed by atoms with Gasteiger partial charge in [0.25, 0.3) is 0 Å². The van der Waals surface area contributed by atoms with E-state index in [-0.39, 0.29) is 30.6 Å². The fraction of sp³-hybridized carbons (Fsp3) is 0.333. The molecule has 0 N–H and O–H groups in total. The Morgan fingerprint density at radius 2 is 1.83 bits per heavy atom. The van der Waals surface area contributed by atoms with Gasteiger partial charge in [-0.2, -0.15) is 0 Å². The van der Waals surface area contributed by atoms with Gasteiger partial charge in [-0.1, -0.05) is 30.3 Å². The van der Waals surface area contributed by atoms with E-state index in [1.165, 1.54) is 0 Å². The number of ether oxygens (including phenoxy) is 1. The zero-order valence-corrected chi connectivity index (χ0v) is 13.3. The third-order valence-electron chi connectivity index (χ3n) is 3.97. The first-order chi connectivity index (χ1) is 11.7. The molecule has 1 saturated heterocycles. The largest absolute Gasteiger partial charge is 0.458 e. The third kappa shape index (κ3) is 4.16. The van der Waals surface area contributed by atoms with Crippen molar-refractivity contribution in [2.24, 2.45) is 0 Å². The predicted molar refractivity (Wildman–Crippen MR) is 87.7 cm³/mol. The summed E-state index contributed by atoms with van der Waals surface area (Å²) in [6.07, 6.45) is 4.34. The summed E-state index contributed by atoms with van der Waals surface area (Å²) in [5.41, 5.74) is 0.647. The van der Waals surface area contributed by atoms with E-state index in [9.17, 15) is 9.59 Å². The number of nitrogens with zero attached hydrogens (tertiary/aromatic N) is 3. The Morgan fingerprint density at radius 1 is 1.08 bits per heavy atom. The molecule has 6 nitrogen and oxygen atoms in total. The van der Waals surface area contributed by atoms with Gasteiger partial charge in [-0.3, -0.25) is 9.59 Å². The first-order valence-electron chi connectivity index (χ1n) is 8.02. The molecule has 0 bridgehead atoms. The minimum absolute atomic E-state index is 0.00590. The lowest BCUT2D eigenvalue weighted by Crippen LogP contribution is -2.31. The second-order valence-corrected chi connectivity index (χ2v) is 5.69. The molecule has 2 aromatic rings. The lowest BCUT2D eigenvalue weighted by Gasteiger charge is -2.16. The van der Waals surface area contributed by atoms with Crippen LogP contribution in [-0.4, -0.2) is 45.8 Å². The first kappa shape index (κ1) is 16.1. The summed E-state index contributed by atoms with van der Waals surface area (Å²) in [5, 5.41) is 0. The topological polar surface area (TPSA) is 72.4 Å². The fourth-order valence-electron chi connectivity index (χ4n) is 2.69. The summed E-state index contributed by atoms with van der Waals surface area (Å²) in [6.45, 7) is 1.15. The van der Waals surface area contributed by atoms with Crippen molar-refractivity contribution in [3.63, 3.8) is 0 Å². The Morgan fingerprint density at radius 3 is 2.58 bits per heavy atom. The molecule has 24 heavy (non-hydrogen) atoms. The standard InChI is InChI=1S/C18H19N3O3/c22-16(14-5-2-1-3-6-14)7-8-17(23)21-12-9-15(13-21)24-18-19-10-4-11-20-18/h1-6,10-11,15H,7-9,12-13H2/t15-/m1/s1. The Labute approximate surface area is 140 Å². The summed E-state index contributed by atoms with van der Waals surface area (Å²) in [5.74, 6) is -0.0204. The minimum atomic E-state index is -0.0961. The van der Waals surface area contributed by atoms with E-state index in [1.54, 1.807) is 35.5 Å². The highest BCUT2D eigenvalue weighted by atomic mass is 16.5. The maximum Gasteiger partial charge on any atom is 0.316 e. The van der Waals surface area contributed by atoms with Crippen LogP contribution in [0.1, 0.15) is 29.6 Å². The molecule has 1 fully saturated rings. The highest BCUT2D eigenvalue weighted by Gasteiger charge is 2.28. The number of hydrogen-bond acceptors (Lipinski definition) is 5. The second-order valence-electron chi connectivity index (χ2n) is 5.69. The number of ketones is 1. The zero-order valence-electron chi connectivity index (χ0n) is 13.3. The Balaban J connectivity index is 1.45. The molecule has 2 heterocycles. The molecule has 1 aromatic carbocycles. The molecule has 0 aliphatic carbocycles. The average molecular weight is 325 g/mol. The van der Waals surface area contributed by atoms with E-state index < -0.39 is 0 Å². The number of aromatic nitrogens is 2. The molecule has 1 atom stereocenters. The summed E-state index contributed by atoms with van der Waals surface area (Å²) < 4.78 is 5.67. The Hall–Kier alpha value is -2.76. The molecule has 1 aromatic heterocycles. The van der Waals surface area contributed by atoms with Crippen molar-refractivity contribution in [1.82, 2.24) is 14.9 Å². The molecular weight excluding hydrogens is 306 g/mol. The van der Waals surface area contributed by atoms with Crippen LogP contribution in [0.2, 0.25) is 0 Å². The van der Waals surface area contributed by atoms with Gasteiger partial charge < -0.3 is 9.64 Å². The van der Waals surface area contributed by atoms with E-state index in [0.29, 0.717) is 24.7 Å². The molecule has 1 aliphatic rings. The van der Waals surface area contributed by atoms with Crippen LogP contribution >= 0.6 is 0 Å². The second kappa shape index (κ2) is 7.68. The maximum absolute atomic E-state index is 12.3. The minimum Gasteiger partial charge on any atom is -0.458 e. The van der Waals surface area contributed by atoms with Gasteiger partial charge in [0.1, 0.15) is 6.10 Å². The number of Topliss-reactive ketones (excluding diaryl/α,β-unsaturated/α-hetero) is 1. The van der Waals surface area contributed by atoms with Gasteiger partial charge in [0, 0.05) is 43.8 Å². The molecule has 1 aliphatic heterocycles. The van der Waals surface area contributed by atoms with Crippen LogP contribution < -0.4 is 4.74 Å². The summed E-state index contributed by atoms with van der Waals surface area (Å²) in [7, 11) is 0. The van der Waals surface area contributed by atoms with E-state index >= 15 is 0 Å². The van der Waals surface area contributed by atoms with Crippen LogP contribution in [-0.2, 0) is 4.79 Å². The number of hydrogen-bond donors (Lipinski definition) is 0. The fourth-order valence-corrected chi connectivity index (χ4v) is 2.69. The van der Waals surface area contributed by atoms with Crippen molar-refractivity contribution in [2.75, 3.05) is 13.1 Å². The van der Waals surface area contributed by atoms with Gasteiger partial charge >= 0.3 is 6.01 Å². The maximum atomic E-state index is 12.3. The van der Waals surface area contributed by atoms with E-state index in [0.717, 1.165) is 6.42 Å². The molecule has 3 rings (SSSR count). The van der Waals surface area contributed by atoms with E-state index in [4.69, 9.17) is 4.74 Å². The average Bonchev–Trinajstić information content (AvgIpc) is 3.09. The monoisotopic (exact) mass is 325 g/mol. The quantitative estimate of drug-likeness (QED) is 0.761. The molecule has 0 saturated carbocycles. The number of benzene rings is 1. The Kier molecular flexibility index (Phi) is 5.15. The van der Waals surface area contributed by atoms with Crippen LogP contribution in [0.15, 0.2) is 48.8 Å². The summed E-state index contributed by atoms with van der Waals surface area (Å²) in [6, 6.07) is 11.1. The summed E-state index contributed by atoms with van der Waals surface area (Å²) in [4.78, 5) is 34.1. The van der Waals surface area contributed by atoms with Gasteiger partial charge in [0.15, 0.2) is 5.78 Å². The molecular formula is C18H19N3O3. The van der Waals surface area contributed by atoms with E-state index in [2.05, 4.69) is 9.97 Å². The van der Waals surface area contributed by atoms with Crippen molar-refractivity contribution in [3.05, 3.63) is 54.4 Å². The zero-order chi connectivity index (χ0) is 16.8. The number of likely N-dealkylation sites (tertiary alicyclic amines) is 1. The van der Waals surface area contributed by atoms with Gasteiger partial charge in [0.05, 0.1) is 6.54 Å². The van der Waals surface area contributed by atoms with Crippen molar-refractivity contribution in [1.29, 1.82) is 0 Å². The smallest absolute Gasteiger partial charge is 0.316 e. The van der Waals surface area contributed by atoms with Crippen LogP contribution in [0.25, 0.3) is 0 Å². The lowest BCUT2D eigenvalue weighted by molar-refractivity contribution is -0.130. The SMILES string of the molecule is O=C(CCC(=O)N1CC[C@@H](Oc2ncccn2)C1)c1ccccc1. The highest BCUT2D eigenvalue weighted by Crippen LogP contribution is 2.16.